The minimum absolute atomic E-state index is 0.00239. The minimum Gasteiger partial charge on any atom is -0.454 e. The number of carbonyl (C=O) groups is 1. The highest BCUT2D eigenvalue weighted by molar-refractivity contribution is 7.89. The van der Waals surface area contributed by atoms with Crippen molar-refractivity contribution in [2.45, 2.75) is 11.4 Å². The molecule has 0 fully saturated rings. The number of thiazole rings is 1. The Morgan fingerprint density at radius 3 is 2.80 bits per heavy atom. The van der Waals surface area contributed by atoms with E-state index in [0.29, 0.717) is 27.5 Å². The fourth-order valence-electron chi connectivity index (χ4n) is 2.94. The van der Waals surface area contributed by atoms with Crippen LogP contribution in [-0.4, -0.2) is 25.7 Å². The van der Waals surface area contributed by atoms with Gasteiger partial charge >= 0.3 is 0 Å². The molecule has 2 aromatic carbocycles. The molecular weight excluding hydrogens is 426 g/mol. The van der Waals surface area contributed by atoms with Crippen molar-refractivity contribution in [3.05, 3.63) is 65.5 Å². The summed E-state index contributed by atoms with van der Waals surface area (Å²) in [5.41, 5.74) is 1.51. The number of nitrogens with zero attached hydrogens (tertiary/aromatic N) is 2. The molecule has 0 bridgehead atoms. The standard InChI is InChI=1S/C20H17N3O5S2/c1-2-9-23-15-6-5-14(30(21,25)26)11-18(15)29-20(23)22-19(24)8-4-13-3-7-16-17(10-13)28-12-27-16/h2-8,10-11H,1,9,12H2,(H2,21,25,26)/b8-4-,22-20?. The Kier molecular flexibility index (Phi) is 5.29. The Balaban J connectivity index is 1.69. The molecule has 8 nitrogen and oxygen atoms in total. The molecule has 0 unspecified atom stereocenters. The number of hydrogen-bond acceptors (Lipinski definition) is 6. The van der Waals surface area contributed by atoms with Gasteiger partial charge in [-0.25, -0.2) is 13.6 Å². The molecule has 0 atom stereocenters. The van der Waals surface area contributed by atoms with E-state index in [4.69, 9.17) is 14.6 Å². The third-order valence-corrected chi connectivity index (χ3v) is 6.27. The number of nitrogens with two attached hydrogens (primary N) is 1. The molecule has 3 aromatic rings. The number of hydrogen-bond donors (Lipinski definition) is 1. The monoisotopic (exact) mass is 443 g/mol. The number of carbonyl (C=O) groups excluding carboxylic acids is 1. The molecule has 154 valence electrons. The number of aromatic nitrogens is 1. The van der Waals surface area contributed by atoms with Crippen LogP contribution in [0.15, 0.2) is 65.0 Å². The van der Waals surface area contributed by atoms with E-state index in [1.807, 2.05) is 6.07 Å². The van der Waals surface area contributed by atoms with Crippen LogP contribution in [0.4, 0.5) is 0 Å². The molecule has 4 rings (SSSR count). The average molecular weight is 444 g/mol. The molecule has 0 saturated carbocycles. The number of ether oxygens (including phenoxy) is 2. The van der Waals surface area contributed by atoms with Gasteiger partial charge in [0.15, 0.2) is 16.3 Å². The summed E-state index contributed by atoms with van der Waals surface area (Å²) in [5, 5.41) is 5.21. The zero-order valence-corrected chi connectivity index (χ0v) is 17.3. The van der Waals surface area contributed by atoms with Gasteiger partial charge in [-0.05, 0) is 42.0 Å². The Bertz CT molecular complexity index is 1370. The minimum atomic E-state index is -3.83. The lowest BCUT2D eigenvalue weighted by molar-refractivity contribution is -0.113. The van der Waals surface area contributed by atoms with E-state index >= 15 is 0 Å². The van der Waals surface area contributed by atoms with Crippen LogP contribution in [0, 0.1) is 0 Å². The summed E-state index contributed by atoms with van der Waals surface area (Å²) in [7, 11) is -3.83. The Morgan fingerprint density at radius 2 is 2.03 bits per heavy atom. The first-order valence-corrected chi connectivity index (χ1v) is 11.1. The molecule has 30 heavy (non-hydrogen) atoms. The van der Waals surface area contributed by atoms with Crippen molar-refractivity contribution < 1.29 is 22.7 Å². The SMILES string of the molecule is C=CCn1c(=NC(=O)/C=C\c2ccc3c(c2)OCO3)sc2cc(S(N)(=O)=O)ccc21. The maximum Gasteiger partial charge on any atom is 0.272 e. The number of sulfonamides is 1. The molecule has 2 N–H and O–H groups in total. The van der Waals surface area contributed by atoms with E-state index in [1.54, 1.807) is 34.9 Å². The zero-order valence-electron chi connectivity index (χ0n) is 15.6. The highest BCUT2D eigenvalue weighted by Crippen LogP contribution is 2.32. The zero-order chi connectivity index (χ0) is 21.3. The maximum absolute atomic E-state index is 12.4. The molecule has 0 aliphatic carbocycles. The van der Waals surface area contributed by atoms with Crippen molar-refractivity contribution in [1.29, 1.82) is 0 Å². The van der Waals surface area contributed by atoms with Crippen molar-refractivity contribution in [1.82, 2.24) is 4.57 Å². The van der Waals surface area contributed by atoms with Crippen LogP contribution in [0.1, 0.15) is 5.56 Å². The largest absolute Gasteiger partial charge is 0.454 e. The Hall–Kier alpha value is -3.21. The molecule has 2 heterocycles. The molecule has 1 aliphatic heterocycles. The predicted octanol–water partition coefficient (Wildman–Crippen LogP) is 2.41. The van der Waals surface area contributed by atoms with Gasteiger partial charge in [-0.2, -0.15) is 4.99 Å². The number of rotatable bonds is 5. The molecule has 0 spiro atoms. The molecule has 0 radical (unpaired) electrons. The third-order valence-electron chi connectivity index (χ3n) is 4.32. The Labute approximate surface area is 176 Å². The fourth-order valence-corrected chi connectivity index (χ4v) is 4.64. The van der Waals surface area contributed by atoms with Crippen molar-refractivity contribution >= 4 is 43.6 Å². The molecule has 0 saturated heterocycles. The maximum atomic E-state index is 12.4. The number of allylic oxidation sites excluding steroid dienone is 1. The van der Waals surface area contributed by atoms with Crippen LogP contribution >= 0.6 is 11.3 Å². The van der Waals surface area contributed by atoms with Gasteiger partial charge in [0, 0.05) is 12.6 Å². The van der Waals surface area contributed by atoms with Crippen molar-refractivity contribution in [3.8, 4) is 11.5 Å². The lowest BCUT2D eigenvalue weighted by Crippen LogP contribution is -2.15. The van der Waals surface area contributed by atoms with Gasteiger partial charge in [0.1, 0.15) is 0 Å². The van der Waals surface area contributed by atoms with Crippen molar-refractivity contribution in [2.75, 3.05) is 6.79 Å². The first kappa shape index (κ1) is 20.1. The highest BCUT2D eigenvalue weighted by atomic mass is 32.2. The van der Waals surface area contributed by atoms with Gasteiger partial charge in [-0.1, -0.05) is 23.5 Å². The van der Waals surface area contributed by atoms with E-state index in [-0.39, 0.29) is 11.7 Å². The topological polar surface area (TPSA) is 113 Å². The highest BCUT2D eigenvalue weighted by Gasteiger charge is 2.13. The van der Waals surface area contributed by atoms with Crippen LogP contribution in [-0.2, 0) is 21.4 Å². The molecular formula is C20H17N3O5S2. The number of amides is 1. The summed E-state index contributed by atoms with van der Waals surface area (Å²) < 4.78 is 36.3. The lowest BCUT2D eigenvalue weighted by atomic mass is 10.2. The van der Waals surface area contributed by atoms with Crippen LogP contribution < -0.4 is 19.4 Å². The first-order valence-electron chi connectivity index (χ1n) is 8.79. The van der Waals surface area contributed by atoms with E-state index in [0.717, 1.165) is 11.1 Å². The van der Waals surface area contributed by atoms with Crippen LogP contribution in [0.3, 0.4) is 0 Å². The first-order chi connectivity index (χ1) is 14.3. The summed E-state index contributed by atoms with van der Waals surface area (Å²) in [6, 6.07) is 9.90. The van der Waals surface area contributed by atoms with Crippen molar-refractivity contribution in [2.24, 2.45) is 10.1 Å². The molecule has 10 heteroatoms. The second-order valence-corrected chi connectivity index (χ2v) is 8.93. The third kappa shape index (κ3) is 4.06. The van der Waals surface area contributed by atoms with E-state index in [9.17, 15) is 13.2 Å². The van der Waals surface area contributed by atoms with Gasteiger partial charge in [-0.3, -0.25) is 4.79 Å². The number of primary sulfonamides is 1. The van der Waals surface area contributed by atoms with E-state index in [1.165, 1.54) is 29.5 Å². The van der Waals surface area contributed by atoms with Gasteiger partial charge in [0.05, 0.1) is 15.1 Å². The summed E-state index contributed by atoms with van der Waals surface area (Å²) >= 11 is 1.20. The predicted molar refractivity (Wildman–Crippen MR) is 114 cm³/mol. The quantitative estimate of drug-likeness (QED) is 0.481. The van der Waals surface area contributed by atoms with Gasteiger partial charge < -0.3 is 14.0 Å². The van der Waals surface area contributed by atoms with Crippen LogP contribution in [0.25, 0.3) is 16.3 Å². The summed E-state index contributed by atoms with van der Waals surface area (Å²) in [4.78, 5) is 17.0. The number of fused-ring (bicyclic) bond motifs is 2. The molecule has 1 aromatic heterocycles. The lowest BCUT2D eigenvalue weighted by Gasteiger charge is -2.02. The molecule has 1 amide bonds. The molecule has 1 aliphatic rings. The normalized spacial score (nSPS) is 14.0. The second-order valence-electron chi connectivity index (χ2n) is 6.35. The van der Waals surface area contributed by atoms with Gasteiger partial charge in [0.2, 0.25) is 16.8 Å². The van der Waals surface area contributed by atoms with Crippen LogP contribution in [0.2, 0.25) is 0 Å². The second kappa shape index (κ2) is 7.90. The number of benzene rings is 2. The summed E-state index contributed by atoms with van der Waals surface area (Å²) in [5.74, 6) is 0.835. The van der Waals surface area contributed by atoms with E-state index < -0.39 is 15.9 Å². The summed E-state index contributed by atoms with van der Waals surface area (Å²) in [6.07, 6.45) is 4.67. The van der Waals surface area contributed by atoms with Crippen LogP contribution in [0.5, 0.6) is 11.5 Å². The Morgan fingerprint density at radius 1 is 1.23 bits per heavy atom. The fraction of sp³-hybridized carbons (Fsp3) is 0.100. The van der Waals surface area contributed by atoms with Crippen molar-refractivity contribution in [3.63, 3.8) is 0 Å². The van der Waals surface area contributed by atoms with Gasteiger partial charge in [0.25, 0.3) is 5.91 Å². The summed E-state index contributed by atoms with van der Waals surface area (Å²) in [6.45, 7) is 4.32. The van der Waals surface area contributed by atoms with E-state index in [2.05, 4.69) is 11.6 Å². The van der Waals surface area contributed by atoms with Gasteiger partial charge in [-0.15, -0.1) is 6.58 Å². The average Bonchev–Trinajstić information content (AvgIpc) is 3.30. The smallest absolute Gasteiger partial charge is 0.272 e.